The molecule has 0 saturated heterocycles. The molecule has 0 atom stereocenters. The lowest BCUT2D eigenvalue weighted by atomic mass is 10.1. The van der Waals surface area contributed by atoms with E-state index < -0.39 is 0 Å². The van der Waals surface area contributed by atoms with Crippen molar-refractivity contribution in [3.63, 3.8) is 0 Å². The molecule has 0 aliphatic rings. The highest BCUT2D eigenvalue weighted by Crippen LogP contribution is 2.20. The van der Waals surface area contributed by atoms with Crippen LogP contribution in [0.4, 0.5) is 0 Å². The lowest BCUT2D eigenvalue weighted by Gasteiger charge is -2.03. The lowest BCUT2D eigenvalue weighted by molar-refractivity contribution is 0.420. The van der Waals surface area contributed by atoms with Gasteiger partial charge in [0.2, 0.25) is 0 Å². The van der Waals surface area contributed by atoms with Gasteiger partial charge < -0.3 is 4.52 Å². The molecule has 5 nitrogen and oxygen atoms in total. The molecule has 0 saturated carbocycles. The fourth-order valence-corrected chi connectivity index (χ4v) is 2.52. The average Bonchev–Trinajstić information content (AvgIpc) is 3.07. The van der Waals surface area contributed by atoms with Crippen molar-refractivity contribution < 1.29 is 4.52 Å². The van der Waals surface area contributed by atoms with Crippen LogP contribution in [0.2, 0.25) is 0 Å². The third-order valence-electron chi connectivity index (χ3n) is 3.68. The van der Waals surface area contributed by atoms with Crippen molar-refractivity contribution in [3.8, 4) is 11.3 Å². The largest absolute Gasteiger partial charge is 0.356 e. The highest BCUT2D eigenvalue weighted by molar-refractivity contribution is 5.76. The van der Waals surface area contributed by atoms with Crippen molar-refractivity contribution in [3.05, 3.63) is 83.0 Å². The number of aromatic nitrogens is 3. The molecule has 23 heavy (non-hydrogen) atoms. The first-order valence-electron chi connectivity index (χ1n) is 7.26. The molecule has 0 unspecified atom stereocenters. The summed E-state index contributed by atoms with van der Waals surface area (Å²) >= 11 is 0. The number of nitrogens with zero attached hydrogens (tertiary/aromatic N) is 3. The molecule has 0 aliphatic heterocycles. The second kappa shape index (κ2) is 5.53. The van der Waals surface area contributed by atoms with E-state index in [0.717, 1.165) is 5.56 Å². The minimum atomic E-state index is -0.0835. The highest BCUT2D eigenvalue weighted by atomic mass is 16.5. The predicted octanol–water partition coefficient (Wildman–Crippen LogP) is 3.10. The molecule has 0 N–H and O–H groups in total. The van der Waals surface area contributed by atoms with Gasteiger partial charge in [-0.25, -0.2) is 4.98 Å². The van der Waals surface area contributed by atoms with Crippen molar-refractivity contribution in [2.24, 2.45) is 0 Å². The van der Waals surface area contributed by atoms with Crippen LogP contribution in [0.5, 0.6) is 0 Å². The predicted molar refractivity (Wildman–Crippen MR) is 87.0 cm³/mol. The second-order valence-electron chi connectivity index (χ2n) is 5.24. The molecule has 112 valence electrons. The van der Waals surface area contributed by atoms with E-state index in [1.807, 2.05) is 54.6 Å². The van der Waals surface area contributed by atoms with Gasteiger partial charge in [-0.2, -0.15) is 0 Å². The van der Waals surface area contributed by atoms with Gasteiger partial charge in [-0.15, -0.1) is 0 Å². The van der Waals surface area contributed by atoms with Crippen LogP contribution >= 0.6 is 0 Å². The van der Waals surface area contributed by atoms with E-state index in [1.165, 1.54) is 4.57 Å². The van der Waals surface area contributed by atoms with Crippen molar-refractivity contribution in [2.45, 2.75) is 6.54 Å². The summed E-state index contributed by atoms with van der Waals surface area (Å²) in [5.74, 6) is 0.683. The van der Waals surface area contributed by atoms with Crippen molar-refractivity contribution in [1.29, 1.82) is 0 Å². The number of hydrogen-bond acceptors (Lipinski definition) is 4. The highest BCUT2D eigenvalue weighted by Gasteiger charge is 2.09. The molecule has 0 fully saturated rings. The Hall–Kier alpha value is -3.21. The molecule has 2 aromatic carbocycles. The molecule has 0 spiro atoms. The van der Waals surface area contributed by atoms with E-state index in [4.69, 9.17) is 4.52 Å². The third-order valence-corrected chi connectivity index (χ3v) is 3.68. The first-order valence-corrected chi connectivity index (χ1v) is 7.26. The third kappa shape index (κ3) is 2.53. The molecule has 2 heterocycles. The van der Waals surface area contributed by atoms with Gasteiger partial charge in [0.1, 0.15) is 5.69 Å². The molecule has 0 bridgehead atoms. The Morgan fingerprint density at radius 2 is 1.78 bits per heavy atom. The smallest absolute Gasteiger partial charge is 0.261 e. The Bertz CT molecular complexity index is 1020. The van der Waals surface area contributed by atoms with Gasteiger partial charge in [0, 0.05) is 11.6 Å². The van der Waals surface area contributed by atoms with Crippen LogP contribution in [0.15, 0.2) is 76.3 Å². The van der Waals surface area contributed by atoms with E-state index in [1.54, 1.807) is 12.4 Å². The number of hydrogen-bond donors (Lipinski definition) is 0. The van der Waals surface area contributed by atoms with Gasteiger partial charge >= 0.3 is 0 Å². The molecule has 2 aromatic heterocycles. The Morgan fingerprint density at radius 1 is 1.00 bits per heavy atom. The second-order valence-corrected chi connectivity index (χ2v) is 5.24. The van der Waals surface area contributed by atoms with Crippen LogP contribution in [0.25, 0.3) is 22.2 Å². The van der Waals surface area contributed by atoms with E-state index in [-0.39, 0.29) is 5.56 Å². The number of rotatable bonds is 3. The monoisotopic (exact) mass is 303 g/mol. The Kier molecular flexibility index (Phi) is 3.24. The maximum absolute atomic E-state index is 12.5. The summed E-state index contributed by atoms with van der Waals surface area (Å²) in [7, 11) is 0. The Morgan fingerprint density at radius 3 is 2.65 bits per heavy atom. The van der Waals surface area contributed by atoms with E-state index in [9.17, 15) is 4.79 Å². The fraction of sp³-hybridized carbons (Fsp3) is 0.0556. The number of para-hydroxylation sites is 1. The van der Waals surface area contributed by atoms with E-state index in [0.29, 0.717) is 28.9 Å². The molecule has 4 rings (SSSR count). The van der Waals surface area contributed by atoms with Gasteiger partial charge in [-0.3, -0.25) is 9.36 Å². The summed E-state index contributed by atoms with van der Waals surface area (Å²) in [5.41, 5.74) is 2.25. The fourth-order valence-electron chi connectivity index (χ4n) is 2.52. The van der Waals surface area contributed by atoms with Crippen molar-refractivity contribution >= 4 is 10.9 Å². The quantitative estimate of drug-likeness (QED) is 0.583. The SMILES string of the molecule is O=c1c2ccccc2ncn1Cc1cc(-c2ccccc2)on1. The molecule has 0 radical (unpaired) electrons. The molecule has 0 aliphatic carbocycles. The van der Waals surface area contributed by atoms with Crippen LogP contribution in [-0.4, -0.2) is 14.7 Å². The normalized spacial score (nSPS) is 11.0. The molecule has 5 heteroatoms. The summed E-state index contributed by atoms with van der Waals surface area (Å²) in [5, 5.41) is 4.65. The first kappa shape index (κ1) is 13.5. The van der Waals surface area contributed by atoms with Crippen LogP contribution < -0.4 is 5.56 Å². The Labute approximate surface area is 131 Å². The van der Waals surface area contributed by atoms with Crippen LogP contribution in [0.3, 0.4) is 0 Å². The molecular weight excluding hydrogens is 290 g/mol. The Balaban J connectivity index is 1.68. The van der Waals surface area contributed by atoms with E-state index >= 15 is 0 Å². The average molecular weight is 303 g/mol. The van der Waals surface area contributed by atoms with Gasteiger partial charge in [-0.05, 0) is 12.1 Å². The van der Waals surface area contributed by atoms with Gasteiger partial charge in [0.15, 0.2) is 5.76 Å². The van der Waals surface area contributed by atoms with Gasteiger partial charge in [0.05, 0.1) is 23.8 Å². The zero-order valence-electron chi connectivity index (χ0n) is 12.2. The van der Waals surface area contributed by atoms with Gasteiger partial charge in [0.25, 0.3) is 5.56 Å². The summed E-state index contributed by atoms with van der Waals surface area (Å²) in [6.45, 7) is 0.326. The van der Waals surface area contributed by atoms with Crippen molar-refractivity contribution in [2.75, 3.05) is 0 Å². The van der Waals surface area contributed by atoms with E-state index in [2.05, 4.69) is 10.1 Å². The summed E-state index contributed by atoms with van der Waals surface area (Å²) in [6.07, 6.45) is 1.54. The zero-order valence-corrected chi connectivity index (χ0v) is 12.2. The molecule has 4 aromatic rings. The minimum absolute atomic E-state index is 0.0835. The maximum Gasteiger partial charge on any atom is 0.261 e. The zero-order chi connectivity index (χ0) is 15.6. The number of fused-ring (bicyclic) bond motifs is 1. The summed E-state index contributed by atoms with van der Waals surface area (Å²) < 4.78 is 6.90. The van der Waals surface area contributed by atoms with Crippen molar-refractivity contribution in [1.82, 2.24) is 14.7 Å². The molecular formula is C18H13N3O2. The maximum atomic E-state index is 12.5. The van der Waals surface area contributed by atoms with Crippen LogP contribution in [0, 0.1) is 0 Å². The van der Waals surface area contributed by atoms with Crippen LogP contribution in [-0.2, 0) is 6.54 Å². The number of benzene rings is 2. The topological polar surface area (TPSA) is 60.9 Å². The van der Waals surface area contributed by atoms with Crippen LogP contribution in [0.1, 0.15) is 5.69 Å². The summed E-state index contributed by atoms with van der Waals surface area (Å²) in [4.78, 5) is 16.8. The van der Waals surface area contributed by atoms with Gasteiger partial charge in [-0.1, -0.05) is 47.6 Å². The lowest BCUT2D eigenvalue weighted by Crippen LogP contribution is -2.21. The minimum Gasteiger partial charge on any atom is -0.356 e. The molecule has 0 amide bonds. The standard InChI is InChI=1S/C18H13N3O2/c22-18-15-8-4-5-9-16(15)19-12-21(18)11-14-10-17(23-20-14)13-6-2-1-3-7-13/h1-10,12H,11H2. The first-order chi connectivity index (χ1) is 11.3. The summed E-state index contributed by atoms with van der Waals surface area (Å²) in [6, 6.07) is 18.9.